The maximum Gasteiger partial charge on any atom is 0.293 e. The fraction of sp³-hybridized carbons (Fsp3) is 0.462. The van der Waals surface area contributed by atoms with Gasteiger partial charge in [-0.25, -0.2) is 4.99 Å². The van der Waals surface area contributed by atoms with Crippen molar-refractivity contribution in [3.63, 3.8) is 0 Å². The molecule has 4 nitrogen and oxygen atoms in total. The molecule has 0 amide bonds. The molecular formula is C13H18N2O2S. The number of rotatable bonds is 2. The van der Waals surface area contributed by atoms with E-state index in [1.54, 1.807) is 4.31 Å². The van der Waals surface area contributed by atoms with Crippen LogP contribution in [0.1, 0.15) is 26.3 Å². The number of aliphatic imine (C=N–C) groups is 1. The van der Waals surface area contributed by atoms with Gasteiger partial charge in [0.15, 0.2) is 0 Å². The van der Waals surface area contributed by atoms with Gasteiger partial charge in [-0.1, -0.05) is 30.3 Å². The van der Waals surface area contributed by atoms with Crippen molar-refractivity contribution in [1.82, 2.24) is 4.31 Å². The van der Waals surface area contributed by atoms with E-state index >= 15 is 0 Å². The lowest BCUT2D eigenvalue weighted by atomic mass is 10.1. The molecule has 1 aliphatic rings. The van der Waals surface area contributed by atoms with Crippen molar-refractivity contribution in [2.45, 2.75) is 32.9 Å². The Hall–Kier alpha value is -1.20. The fourth-order valence-electron chi connectivity index (χ4n) is 1.63. The molecule has 0 N–H and O–H groups in total. The van der Waals surface area contributed by atoms with Gasteiger partial charge in [0.05, 0.1) is 13.1 Å². The second-order valence-electron chi connectivity index (χ2n) is 5.20. The van der Waals surface area contributed by atoms with Crippen molar-refractivity contribution in [1.29, 1.82) is 0 Å². The molecule has 2 rings (SSSR count). The molecule has 18 heavy (non-hydrogen) atoms. The fourth-order valence-corrected chi connectivity index (χ4v) is 2.65. The quantitative estimate of drug-likeness (QED) is 0.824. The van der Waals surface area contributed by atoms with Gasteiger partial charge in [-0.3, -0.25) is 0 Å². The average molecular weight is 266 g/mol. The third-order valence-corrected chi connectivity index (χ3v) is 4.03. The molecule has 5 heteroatoms. The van der Waals surface area contributed by atoms with Crippen LogP contribution >= 0.6 is 0 Å². The highest BCUT2D eigenvalue weighted by molar-refractivity contribution is 7.78. The molecule has 1 aromatic carbocycles. The van der Waals surface area contributed by atoms with E-state index in [4.69, 9.17) is 4.18 Å². The zero-order valence-electron chi connectivity index (χ0n) is 10.9. The first-order valence-electron chi connectivity index (χ1n) is 5.92. The molecule has 0 saturated carbocycles. The maximum atomic E-state index is 11.8. The smallest absolute Gasteiger partial charge is 0.293 e. The van der Waals surface area contributed by atoms with Gasteiger partial charge in [0.2, 0.25) is 5.90 Å². The van der Waals surface area contributed by atoms with Crippen LogP contribution in [0.15, 0.2) is 35.3 Å². The molecule has 0 radical (unpaired) electrons. The molecule has 0 aliphatic carbocycles. The molecule has 0 spiro atoms. The maximum absolute atomic E-state index is 11.8. The third kappa shape index (κ3) is 3.17. The summed E-state index contributed by atoms with van der Waals surface area (Å²) in [5, 5.41) is 0. The van der Waals surface area contributed by atoms with Crippen LogP contribution in [0.2, 0.25) is 0 Å². The van der Waals surface area contributed by atoms with Gasteiger partial charge in [0.1, 0.15) is 0 Å². The number of hydrogen-bond acceptors (Lipinski definition) is 3. The molecule has 1 heterocycles. The summed E-state index contributed by atoms with van der Waals surface area (Å²) >= 11 is -1.42. The van der Waals surface area contributed by atoms with E-state index in [2.05, 4.69) is 4.99 Å². The molecule has 0 unspecified atom stereocenters. The zero-order valence-corrected chi connectivity index (χ0v) is 11.7. The Labute approximate surface area is 110 Å². The van der Waals surface area contributed by atoms with Crippen LogP contribution < -0.4 is 0 Å². The summed E-state index contributed by atoms with van der Waals surface area (Å²) in [7, 11) is 0. The summed E-state index contributed by atoms with van der Waals surface area (Å²) in [6, 6.07) is 9.95. The van der Waals surface area contributed by atoms with Crippen molar-refractivity contribution in [3.8, 4) is 0 Å². The molecule has 1 fully saturated rings. The SMILES string of the molecule is CC(C)(C)N1CC(=NCc2ccccc2)O[S@]1=O. The van der Waals surface area contributed by atoms with E-state index in [1.165, 1.54) is 0 Å². The van der Waals surface area contributed by atoms with Gasteiger partial charge in [0.25, 0.3) is 11.3 Å². The average Bonchev–Trinajstić information content (AvgIpc) is 2.69. The van der Waals surface area contributed by atoms with Crippen molar-refractivity contribution in [2.24, 2.45) is 4.99 Å². The second kappa shape index (κ2) is 5.20. The minimum atomic E-state index is -1.42. The lowest BCUT2D eigenvalue weighted by molar-refractivity contribution is 0.293. The third-order valence-electron chi connectivity index (χ3n) is 2.66. The summed E-state index contributed by atoms with van der Waals surface area (Å²) in [6.07, 6.45) is 0. The van der Waals surface area contributed by atoms with E-state index in [0.29, 0.717) is 19.0 Å². The lowest BCUT2D eigenvalue weighted by Gasteiger charge is -2.26. The lowest BCUT2D eigenvalue weighted by Crippen LogP contribution is -2.39. The Morgan fingerprint density at radius 2 is 2.00 bits per heavy atom. The predicted octanol–water partition coefficient (Wildman–Crippen LogP) is 2.29. The molecular weight excluding hydrogens is 248 g/mol. The molecule has 0 aromatic heterocycles. The Bertz CT molecular complexity index is 466. The standard InChI is InChI=1S/C13H18N2O2S/c1-13(2,3)15-10-12(17-18(15)16)14-9-11-7-5-4-6-8-11/h4-8H,9-10H2,1-3H3/t18-/m1/s1. The molecule has 0 bridgehead atoms. The minimum absolute atomic E-state index is 0.186. The number of nitrogens with zero attached hydrogens (tertiary/aromatic N) is 2. The minimum Gasteiger partial charge on any atom is -0.372 e. The first-order valence-corrected chi connectivity index (χ1v) is 6.95. The summed E-state index contributed by atoms with van der Waals surface area (Å²) in [6.45, 7) is 7.09. The molecule has 98 valence electrons. The van der Waals surface area contributed by atoms with Crippen LogP contribution in [0.5, 0.6) is 0 Å². The Morgan fingerprint density at radius 1 is 1.33 bits per heavy atom. The van der Waals surface area contributed by atoms with E-state index < -0.39 is 11.3 Å². The monoisotopic (exact) mass is 266 g/mol. The zero-order chi connectivity index (χ0) is 13.2. The highest BCUT2D eigenvalue weighted by atomic mass is 32.2. The van der Waals surface area contributed by atoms with Gasteiger partial charge < -0.3 is 4.18 Å². The van der Waals surface area contributed by atoms with Crippen molar-refractivity contribution in [3.05, 3.63) is 35.9 Å². The summed E-state index contributed by atoms with van der Waals surface area (Å²) in [5.41, 5.74) is 0.933. The van der Waals surface area contributed by atoms with Gasteiger partial charge in [0, 0.05) is 5.54 Å². The van der Waals surface area contributed by atoms with Crippen LogP contribution in [-0.2, 0) is 22.0 Å². The van der Waals surface area contributed by atoms with E-state index in [-0.39, 0.29) is 5.54 Å². The number of benzene rings is 1. The van der Waals surface area contributed by atoms with Crippen LogP contribution in [-0.4, -0.2) is 26.5 Å². The van der Waals surface area contributed by atoms with E-state index in [1.807, 2.05) is 51.1 Å². The van der Waals surface area contributed by atoms with Crippen LogP contribution in [0.4, 0.5) is 0 Å². The topological polar surface area (TPSA) is 41.9 Å². The summed E-state index contributed by atoms with van der Waals surface area (Å²) < 4.78 is 18.8. The van der Waals surface area contributed by atoms with Crippen molar-refractivity contribution in [2.75, 3.05) is 6.54 Å². The Balaban J connectivity index is 2.02. The summed E-state index contributed by atoms with van der Waals surface area (Å²) in [5.74, 6) is 0.548. The predicted molar refractivity (Wildman–Crippen MR) is 73.3 cm³/mol. The largest absolute Gasteiger partial charge is 0.372 e. The van der Waals surface area contributed by atoms with Gasteiger partial charge in [-0.05, 0) is 26.3 Å². The van der Waals surface area contributed by atoms with Gasteiger partial charge in [-0.2, -0.15) is 8.51 Å². The van der Waals surface area contributed by atoms with Crippen LogP contribution in [0, 0.1) is 0 Å². The summed E-state index contributed by atoms with van der Waals surface area (Å²) in [4.78, 5) is 4.37. The number of hydrogen-bond donors (Lipinski definition) is 0. The molecule has 1 aromatic rings. The first-order chi connectivity index (χ1) is 8.47. The van der Waals surface area contributed by atoms with E-state index in [9.17, 15) is 4.21 Å². The first kappa shape index (κ1) is 13.2. The highest BCUT2D eigenvalue weighted by Crippen LogP contribution is 2.21. The van der Waals surface area contributed by atoms with Crippen LogP contribution in [0.25, 0.3) is 0 Å². The highest BCUT2D eigenvalue weighted by Gasteiger charge is 2.36. The van der Waals surface area contributed by atoms with Crippen LogP contribution in [0.3, 0.4) is 0 Å². The Kier molecular flexibility index (Phi) is 3.82. The molecule has 1 atom stereocenters. The normalized spacial score (nSPS) is 23.3. The molecule has 1 saturated heterocycles. The molecule has 1 aliphatic heterocycles. The Morgan fingerprint density at radius 3 is 2.56 bits per heavy atom. The van der Waals surface area contributed by atoms with Crippen molar-refractivity contribution >= 4 is 17.2 Å². The van der Waals surface area contributed by atoms with Gasteiger partial charge in [-0.15, -0.1) is 0 Å². The van der Waals surface area contributed by atoms with E-state index in [0.717, 1.165) is 5.56 Å². The second-order valence-corrected chi connectivity index (χ2v) is 6.25. The van der Waals surface area contributed by atoms with Gasteiger partial charge >= 0.3 is 0 Å². The van der Waals surface area contributed by atoms with Crippen molar-refractivity contribution < 1.29 is 8.39 Å².